The second-order valence-electron chi connectivity index (χ2n) is 6.41. The lowest BCUT2D eigenvalue weighted by molar-refractivity contribution is -0.268. The van der Waals surface area contributed by atoms with Crippen molar-refractivity contribution in [3.05, 3.63) is 11.3 Å². The number of carbonyl (C=O) groups excluding carboxylic acids is 2. The highest BCUT2D eigenvalue weighted by atomic mass is 16.7. The number of allylic oxidation sites excluding steroid dienone is 2. The first-order valence-corrected chi connectivity index (χ1v) is 8.01. The van der Waals surface area contributed by atoms with Crippen LogP contribution in [0.1, 0.15) is 53.4 Å². The Kier molecular flexibility index (Phi) is 4.95. The predicted molar refractivity (Wildman–Crippen MR) is 80.9 cm³/mol. The molecule has 0 aromatic rings. The standard InChI is InChI=1S/C17H26O5/c1-6-13-10(2)7-8-17(21-13)14(18)9-11(3)15(22-17)12(4)16(19)20-5/h11-12,15H,6-9H2,1-5H3/t11-,12-,15+,17+/m1/s1. The second-order valence-corrected chi connectivity index (χ2v) is 6.41. The van der Waals surface area contributed by atoms with E-state index < -0.39 is 11.7 Å². The van der Waals surface area contributed by atoms with Crippen molar-refractivity contribution in [1.29, 1.82) is 0 Å². The minimum absolute atomic E-state index is 0.0215. The third-order valence-corrected chi connectivity index (χ3v) is 4.80. The van der Waals surface area contributed by atoms with Crippen LogP contribution in [0.4, 0.5) is 0 Å². The lowest BCUT2D eigenvalue weighted by Crippen LogP contribution is -2.56. The molecule has 1 fully saturated rings. The van der Waals surface area contributed by atoms with Gasteiger partial charge < -0.3 is 14.2 Å². The van der Waals surface area contributed by atoms with Gasteiger partial charge in [0, 0.05) is 19.3 Å². The first kappa shape index (κ1) is 17.0. The smallest absolute Gasteiger partial charge is 0.311 e. The maximum Gasteiger partial charge on any atom is 0.311 e. The van der Waals surface area contributed by atoms with Gasteiger partial charge in [0.25, 0.3) is 5.79 Å². The molecule has 5 heteroatoms. The number of carbonyl (C=O) groups is 2. The molecule has 0 radical (unpaired) electrons. The number of Topliss-reactive ketones (excluding diaryl/α,β-unsaturated/α-hetero) is 1. The zero-order valence-corrected chi connectivity index (χ0v) is 14.1. The van der Waals surface area contributed by atoms with E-state index in [1.807, 2.05) is 20.8 Å². The Morgan fingerprint density at radius 1 is 1.50 bits per heavy atom. The molecule has 2 aliphatic heterocycles. The van der Waals surface area contributed by atoms with Crippen molar-refractivity contribution in [2.24, 2.45) is 11.8 Å². The molecule has 0 amide bonds. The number of hydrogen-bond donors (Lipinski definition) is 0. The fourth-order valence-electron chi connectivity index (χ4n) is 3.36. The van der Waals surface area contributed by atoms with E-state index in [2.05, 4.69) is 0 Å². The molecule has 0 aliphatic carbocycles. The summed E-state index contributed by atoms with van der Waals surface area (Å²) < 4.78 is 16.9. The summed E-state index contributed by atoms with van der Waals surface area (Å²) in [4.78, 5) is 24.4. The van der Waals surface area contributed by atoms with Crippen LogP contribution in [0, 0.1) is 11.8 Å². The van der Waals surface area contributed by atoms with Gasteiger partial charge in [-0.05, 0) is 31.8 Å². The second kappa shape index (κ2) is 6.41. The molecule has 0 bridgehead atoms. The van der Waals surface area contributed by atoms with Crippen molar-refractivity contribution in [3.8, 4) is 0 Å². The van der Waals surface area contributed by atoms with Crippen molar-refractivity contribution < 1.29 is 23.8 Å². The van der Waals surface area contributed by atoms with Crippen molar-refractivity contribution >= 4 is 11.8 Å². The van der Waals surface area contributed by atoms with Crippen LogP contribution >= 0.6 is 0 Å². The molecule has 124 valence electrons. The van der Waals surface area contributed by atoms with Crippen molar-refractivity contribution in [2.75, 3.05) is 7.11 Å². The first-order valence-electron chi connectivity index (χ1n) is 8.01. The van der Waals surface area contributed by atoms with Gasteiger partial charge in [0.05, 0.1) is 24.9 Å². The normalized spacial score (nSPS) is 33.6. The highest BCUT2D eigenvalue weighted by Gasteiger charge is 2.52. The van der Waals surface area contributed by atoms with Crippen molar-refractivity contribution in [3.63, 3.8) is 0 Å². The third-order valence-electron chi connectivity index (χ3n) is 4.80. The number of rotatable bonds is 3. The Balaban J connectivity index is 2.26. The molecule has 5 nitrogen and oxygen atoms in total. The summed E-state index contributed by atoms with van der Waals surface area (Å²) in [6.07, 6.45) is 2.02. The summed E-state index contributed by atoms with van der Waals surface area (Å²) in [5.41, 5.74) is 1.17. The maximum absolute atomic E-state index is 12.6. The van der Waals surface area contributed by atoms with E-state index in [9.17, 15) is 9.59 Å². The molecule has 1 saturated heterocycles. The average Bonchev–Trinajstić information content (AvgIpc) is 2.51. The number of ketones is 1. The SMILES string of the molecule is CCC1=C(C)CC[C@]2(O1)O[C@H]([C@@H](C)C(=O)OC)[C@H](C)CC2=O. The summed E-state index contributed by atoms with van der Waals surface area (Å²) >= 11 is 0. The Morgan fingerprint density at radius 3 is 2.77 bits per heavy atom. The van der Waals surface area contributed by atoms with Crippen molar-refractivity contribution in [2.45, 2.75) is 65.3 Å². The van der Waals surface area contributed by atoms with Gasteiger partial charge in [-0.25, -0.2) is 0 Å². The monoisotopic (exact) mass is 310 g/mol. The molecule has 4 atom stereocenters. The van der Waals surface area contributed by atoms with E-state index in [-0.39, 0.29) is 23.8 Å². The summed E-state index contributed by atoms with van der Waals surface area (Å²) in [5, 5.41) is 0. The zero-order valence-electron chi connectivity index (χ0n) is 14.1. The molecule has 0 saturated carbocycles. The lowest BCUT2D eigenvalue weighted by Gasteiger charge is -2.46. The highest BCUT2D eigenvalue weighted by Crippen LogP contribution is 2.42. The Bertz CT molecular complexity index is 495. The first-order chi connectivity index (χ1) is 10.3. The molecule has 2 heterocycles. The van der Waals surface area contributed by atoms with E-state index in [1.54, 1.807) is 6.92 Å². The molecular weight excluding hydrogens is 284 g/mol. The van der Waals surface area contributed by atoms with Crippen molar-refractivity contribution in [1.82, 2.24) is 0 Å². The minimum Gasteiger partial charge on any atom is -0.469 e. The van der Waals surface area contributed by atoms with Crippen LogP contribution < -0.4 is 0 Å². The largest absolute Gasteiger partial charge is 0.469 e. The number of esters is 1. The lowest BCUT2D eigenvalue weighted by atomic mass is 9.82. The average molecular weight is 310 g/mol. The minimum atomic E-state index is -1.22. The highest BCUT2D eigenvalue weighted by molar-refractivity contribution is 5.87. The van der Waals surface area contributed by atoms with E-state index >= 15 is 0 Å². The topological polar surface area (TPSA) is 61.8 Å². The number of ether oxygens (including phenoxy) is 3. The summed E-state index contributed by atoms with van der Waals surface area (Å²) in [5.74, 6) is -1.19. The van der Waals surface area contributed by atoms with Gasteiger partial charge in [0.2, 0.25) is 5.78 Å². The molecule has 0 aromatic carbocycles. The summed E-state index contributed by atoms with van der Waals surface area (Å²) in [6.45, 7) is 7.74. The van der Waals surface area contributed by atoms with Crippen LogP contribution in [-0.4, -0.2) is 30.8 Å². The number of hydrogen-bond acceptors (Lipinski definition) is 5. The molecular formula is C17H26O5. The van der Waals surface area contributed by atoms with Gasteiger partial charge in [-0.15, -0.1) is 0 Å². The Labute approximate surface area is 132 Å². The van der Waals surface area contributed by atoms with Gasteiger partial charge in [0.15, 0.2) is 0 Å². The van der Waals surface area contributed by atoms with Gasteiger partial charge in [0.1, 0.15) is 0 Å². The molecule has 0 unspecified atom stereocenters. The van der Waals surface area contributed by atoms with E-state index in [1.165, 1.54) is 12.7 Å². The molecule has 22 heavy (non-hydrogen) atoms. The Morgan fingerprint density at radius 2 is 2.18 bits per heavy atom. The molecule has 0 N–H and O–H groups in total. The van der Waals surface area contributed by atoms with Crippen LogP contribution in [0.2, 0.25) is 0 Å². The summed E-state index contributed by atoms with van der Waals surface area (Å²) in [6, 6.07) is 0. The Hall–Kier alpha value is -1.36. The maximum atomic E-state index is 12.6. The fourth-order valence-corrected chi connectivity index (χ4v) is 3.36. The van der Waals surface area contributed by atoms with E-state index in [0.29, 0.717) is 12.8 Å². The van der Waals surface area contributed by atoms with Crippen LogP contribution in [0.3, 0.4) is 0 Å². The van der Waals surface area contributed by atoms with E-state index in [0.717, 1.165) is 18.6 Å². The van der Waals surface area contributed by atoms with Gasteiger partial charge in [-0.1, -0.05) is 13.8 Å². The van der Waals surface area contributed by atoms with E-state index in [4.69, 9.17) is 14.2 Å². The zero-order chi connectivity index (χ0) is 16.5. The number of methoxy groups -OCH3 is 1. The van der Waals surface area contributed by atoms with Gasteiger partial charge in [-0.2, -0.15) is 0 Å². The molecule has 2 rings (SSSR count). The third kappa shape index (κ3) is 2.91. The molecule has 0 aromatic heterocycles. The van der Waals surface area contributed by atoms with Crippen LogP contribution in [-0.2, 0) is 23.8 Å². The van der Waals surface area contributed by atoms with Crippen LogP contribution in [0.15, 0.2) is 11.3 Å². The van der Waals surface area contributed by atoms with Crippen LogP contribution in [0.25, 0.3) is 0 Å². The van der Waals surface area contributed by atoms with Gasteiger partial charge >= 0.3 is 5.97 Å². The molecule has 1 spiro atoms. The summed E-state index contributed by atoms with van der Waals surface area (Å²) in [7, 11) is 1.37. The fraction of sp³-hybridized carbons (Fsp3) is 0.765. The van der Waals surface area contributed by atoms with Crippen LogP contribution in [0.5, 0.6) is 0 Å². The van der Waals surface area contributed by atoms with Gasteiger partial charge in [-0.3, -0.25) is 9.59 Å². The quantitative estimate of drug-likeness (QED) is 0.750. The predicted octanol–water partition coefficient (Wildman–Crippen LogP) is 2.98. The molecule has 2 aliphatic rings.